The number of benzene rings is 2. The molecule has 0 aliphatic rings. The smallest absolute Gasteiger partial charge is 0.155 e. The highest BCUT2D eigenvalue weighted by atomic mass is 16.3. The number of phenolic OH excluding ortho intramolecular Hbond substituents is 1. The van der Waals surface area contributed by atoms with E-state index in [1.165, 1.54) is 0 Å². The Balaban J connectivity index is 1.74. The van der Waals surface area contributed by atoms with Crippen LogP contribution in [0.2, 0.25) is 0 Å². The third-order valence-corrected chi connectivity index (χ3v) is 4.60. The fourth-order valence-corrected chi connectivity index (χ4v) is 3.31. The van der Waals surface area contributed by atoms with Crippen molar-refractivity contribution in [2.24, 2.45) is 7.05 Å². The third kappa shape index (κ3) is 2.16. The minimum atomic E-state index is 0.243. The fourth-order valence-electron chi connectivity index (χ4n) is 3.31. The van der Waals surface area contributed by atoms with Crippen molar-refractivity contribution in [1.82, 2.24) is 24.1 Å². The van der Waals surface area contributed by atoms with E-state index in [4.69, 9.17) is 0 Å². The number of nitrogens with zero attached hydrogens (tertiary/aromatic N) is 5. The minimum absolute atomic E-state index is 0.243. The van der Waals surface area contributed by atoms with Crippen molar-refractivity contribution in [3.05, 3.63) is 67.3 Å². The number of para-hydroxylation sites is 1. The Kier molecular flexibility index (Phi) is 3.05. The van der Waals surface area contributed by atoms with E-state index in [2.05, 4.69) is 21.1 Å². The molecule has 5 rings (SSSR count). The number of phenols is 1. The summed E-state index contributed by atoms with van der Waals surface area (Å²) in [6, 6.07) is 13.2. The summed E-state index contributed by atoms with van der Waals surface area (Å²) in [7, 11) is 1.93. The van der Waals surface area contributed by atoms with Gasteiger partial charge in [0.2, 0.25) is 0 Å². The maximum atomic E-state index is 9.53. The molecular formula is C20H15N5O. The molecular weight excluding hydrogens is 326 g/mol. The topological polar surface area (TPSA) is 68.2 Å². The van der Waals surface area contributed by atoms with E-state index in [1.807, 2.05) is 59.0 Å². The Morgan fingerprint density at radius 1 is 0.923 bits per heavy atom. The second kappa shape index (κ2) is 5.42. The highest BCUT2D eigenvalue weighted by Crippen LogP contribution is 2.29. The summed E-state index contributed by atoms with van der Waals surface area (Å²) in [4.78, 5) is 9.05. The first-order valence-electron chi connectivity index (χ1n) is 8.24. The monoisotopic (exact) mass is 341 g/mol. The highest BCUT2D eigenvalue weighted by Gasteiger charge is 2.12. The van der Waals surface area contributed by atoms with Gasteiger partial charge < -0.3 is 5.11 Å². The minimum Gasteiger partial charge on any atom is -0.508 e. The summed E-state index contributed by atoms with van der Waals surface area (Å²) < 4.78 is 3.88. The van der Waals surface area contributed by atoms with E-state index in [0.717, 1.165) is 39.1 Å². The van der Waals surface area contributed by atoms with Crippen molar-refractivity contribution < 1.29 is 5.11 Å². The van der Waals surface area contributed by atoms with Gasteiger partial charge in [0.15, 0.2) is 5.65 Å². The van der Waals surface area contributed by atoms with Gasteiger partial charge in [-0.1, -0.05) is 18.2 Å². The molecule has 0 spiro atoms. The molecule has 26 heavy (non-hydrogen) atoms. The number of imidazole rings is 1. The van der Waals surface area contributed by atoms with E-state index in [-0.39, 0.29) is 5.75 Å². The van der Waals surface area contributed by atoms with Crippen LogP contribution < -0.4 is 0 Å². The summed E-state index contributed by atoms with van der Waals surface area (Å²) in [5.41, 5.74) is 5.62. The molecule has 3 heterocycles. The lowest BCUT2D eigenvalue weighted by atomic mass is 10.1. The van der Waals surface area contributed by atoms with E-state index >= 15 is 0 Å². The Morgan fingerprint density at radius 3 is 2.62 bits per heavy atom. The molecule has 0 unspecified atom stereocenters. The Bertz CT molecular complexity index is 1250. The maximum absolute atomic E-state index is 9.53. The molecule has 5 aromatic rings. The first kappa shape index (κ1) is 14.7. The number of aryl methyl sites for hydroxylation is 1. The van der Waals surface area contributed by atoms with Crippen LogP contribution in [0.1, 0.15) is 0 Å². The van der Waals surface area contributed by atoms with Gasteiger partial charge in [-0.25, -0.2) is 4.98 Å². The Hall–Kier alpha value is -3.67. The zero-order valence-corrected chi connectivity index (χ0v) is 14.0. The van der Waals surface area contributed by atoms with Crippen LogP contribution in [0.3, 0.4) is 0 Å². The number of rotatable bonds is 2. The first-order chi connectivity index (χ1) is 12.7. The van der Waals surface area contributed by atoms with Crippen molar-refractivity contribution in [3.63, 3.8) is 0 Å². The largest absolute Gasteiger partial charge is 0.508 e. The predicted molar refractivity (Wildman–Crippen MR) is 99.8 cm³/mol. The molecule has 0 saturated heterocycles. The molecule has 126 valence electrons. The van der Waals surface area contributed by atoms with Gasteiger partial charge in [-0.3, -0.25) is 14.1 Å². The van der Waals surface area contributed by atoms with Crippen LogP contribution in [0.4, 0.5) is 0 Å². The van der Waals surface area contributed by atoms with Gasteiger partial charge in [-0.15, -0.1) is 0 Å². The lowest BCUT2D eigenvalue weighted by molar-refractivity contribution is 0.475. The Morgan fingerprint density at radius 2 is 1.77 bits per heavy atom. The van der Waals surface area contributed by atoms with Crippen LogP contribution in [-0.4, -0.2) is 29.3 Å². The first-order valence-corrected chi connectivity index (χ1v) is 8.24. The SMILES string of the molecule is Cn1ncc2cccc(-c3cn4c(-c5ccc(O)cc5)cnc4cn3)c21. The van der Waals surface area contributed by atoms with Gasteiger partial charge in [0.1, 0.15) is 5.75 Å². The zero-order valence-electron chi connectivity index (χ0n) is 14.0. The van der Waals surface area contributed by atoms with Gasteiger partial charge in [0, 0.05) is 29.8 Å². The van der Waals surface area contributed by atoms with Crippen molar-refractivity contribution in [2.45, 2.75) is 0 Å². The molecule has 0 amide bonds. The molecule has 6 nitrogen and oxygen atoms in total. The van der Waals surface area contributed by atoms with E-state index in [0.29, 0.717) is 0 Å². The van der Waals surface area contributed by atoms with Gasteiger partial charge in [-0.2, -0.15) is 5.10 Å². The zero-order chi connectivity index (χ0) is 17.7. The van der Waals surface area contributed by atoms with Crippen LogP contribution >= 0.6 is 0 Å². The quantitative estimate of drug-likeness (QED) is 0.532. The van der Waals surface area contributed by atoms with Gasteiger partial charge in [0.05, 0.1) is 35.5 Å². The number of fused-ring (bicyclic) bond motifs is 2. The molecule has 6 heteroatoms. The van der Waals surface area contributed by atoms with Crippen LogP contribution in [0, 0.1) is 0 Å². The Labute approximate surface area is 149 Å². The molecule has 0 atom stereocenters. The summed E-state index contributed by atoms with van der Waals surface area (Å²) in [6.45, 7) is 0. The van der Waals surface area contributed by atoms with Crippen LogP contribution in [0.25, 0.3) is 39.1 Å². The van der Waals surface area contributed by atoms with E-state index in [1.54, 1.807) is 18.3 Å². The van der Waals surface area contributed by atoms with Gasteiger partial charge in [-0.05, 0) is 24.3 Å². The molecule has 2 aromatic carbocycles. The molecule has 3 aromatic heterocycles. The number of hydrogen-bond donors (Lipinski definition) is 1. The van der Waals surface area contributed by atoms with Crippen LogP contribution in [0.15, 0.2) is 67.3 Å². The summed E-state index contributed by atoms with van der Waals surface area (Å²) in [6.07, 6.45) is 7.44. The predicted octanol–water partition coefficient (Wildman–Crippen LogP) is 3.66. The van der Waals surface area contributed by atoms with Gasteiger partial charge >= 0.3 is 0 Å². The van der Waals surface area contributed by atoms with Gasteiger partial charge in [0.25, 0.3) is 0 Å². The summed E-state index contributed by atoms with van der Waals surface area (Å²) in [5.74, 6) is 0.243. The van der Waals surface area contributed by atoms with Crippen LogP contribution in [0.5, 0.6) is 5.75 Å². The maximum Gasteiger partial charge on any atom is 0.155 e. The number of aromatic hydroxyl groups is 1. The second-order valence-corrected chi connectivity index (χ2v) is 6.20. The number of hydrogen-bond acceptors (Lipinski definition) is 4. The molecule has 0 aliphatic carbocycles. The summed E-state index contributed by atoms with van der Waals surface area (Å²) >= 11 is 0. The fraction of sp³-hybridized carbons (Fsp3) is 0.0500. The van der Waals surface area contributed by atoms with Crippen molar-refractivity contribution >= 4 is 16.6 Å². The average molecular weight is 341 g/mol. The molecule has 0 radical (unpaired) electrons. The molecule has 0 saturated carbocycles. The summed E-state index contributed by atoms with van der Waals surface area (Å²) in [5, 5.41) is 15.0. The normalized spacial score (nSPS) is 11.4. The molecule has 1 N–H and O–H groups in total. The van der Waals surface area contributed by atoms with Crippen molar-refractivity contribution in [2.75, 3.05) is 0 Å². The molecule has 0 aliphatic heterocycles. The van der Waals surface area contributed by atoms with E-state index < -0.39 is 0 Å². The average Bonchev–Trinajstić information content (AvgIpc) is 3.26. The van der Waals surface area contributed by atoms with E-state index in [9.17, 15) is 5.11 Å². The van der Waals surface area contributed by atoms with Crippen LogP contribution in [-0.2, 0) is 7.05 Å². The van der Waals surface area contributed by atoms with Crippen molar-refractivity contribution in [1.29, 1.82) is 0 Å². The standard InChI is InChI=1S/C20H15N5O/c1-24-20-14(9-23-24)3-2-4-16(20)17-12-25-18(10-22-19(25)11-21-17)13-5-7-15(26)8-6-13/h2-12,26H,1H3. The highest BCUT2D eigenvalue weighted by molar-refractivity contribution is 5.92. The molecule has 0 bridgehead atoms. The number of aromatic nitrogens is 5. The third-order valence-electron chi connectivity index (χ3n) is 4.60. The van der Waals surface area contributed by atoms with Crippen molar-refractivity contribution in [3.8, 4) is 28.3 Å². The molecule has 0 fully saturated rings. The second-order valence-electron chi connectivity index (χ2n) is 6.20. The lowest BCUT2D eigenvalue weighted by Gasteiger charge is -2.07. The lowest BCUT2D eigenvalue weighted by Crippen LogP contribution is -1.96.